The molecule has 2 atom stereocenters. The van der Waals surface area contributed by atoms with Crippen molar-refractivity contribution in [1.82, 2.24) is 10.2 Å². The largest absolute Gasteiger partial charge is 0.496 e. The molecule has 2 aromatic carbocycles. The van der Waals surface area contributed by atoms with Gasteiger partial charge < -0.3 is 15.4 Å². The number of ether oxygens (including phenoxy) is 1. The van der Waals surface area contributed by atoms with E-state index in [0.717, 1.165) is 16.0 Å². The second-order valence-corrected chi connectivity index (χ2v) is 8.08. The van der Waals surface area contributed by atoms with Gasteiger partial charge in [-0.3, -0.25) is 19.3 Å². The highest BCUT2D eigenvalue weighted by atomic mass is 16.5. The van der Waals surface area contributed by atoms with Crippen molar-refractivity contribution in [1.29, 1.82) is 0 Å². The number of carbonyl (C=O) groups excluding carboxylic acids is 4. The molecule has 2 N–H and O–H groups in total. The Morgan fingerprint density at radius 1 is 1.16 bits per heavy atom. The van der Waals surface area contributed by atoms with E-state index in [2.05, 4.69) is 10.6 Å². The maximum Gasteiger partial charge on any atom is 0.325 e. The van der Waals surface area contributed by atoms with Crippen molar-refractivity contribution >= 4 is 29.3 Å². The Kier molecular flexibility index (Phi) is 5.00. The lowest BCUT2D eigenvalue weighted by Crippen LogP contribution is -2.46. The SMILES string of the molecule is COc1ccccc1C[C@]1(C)NC(=O)N(CC(=O)c2ccc3c(c2)[C@@H](C)C(=O)N3)C1=O. The van der Waals surface area contributed by atoms with Crippen LogP contribution in [-0.2, 0) is 16.0 Å². The first-order chi connectivity index (χ1) is 14.7. The van der Waals surface area contributed by atoms with Crippen molar-refractivity contribution < 1.29 is 23.9 Å². The molecule has 8 nitrogen and oxygen atoms in total. The number of nitrogens with one attached hydrogen (secondary N) is 2. The van der Waals surface area contributed by atoms with Crippen LogP contribution >= 0.6 is 0 Å². The molecule has 0 aliphatic carbocycles. The molecular formula is C23H23N3O5. The number of anilines is 1. The van der Waals surface area contributed by atoms with E-state index in [4.69, 9.17) is 4.74 Å². The molecule has 31 heavy (non-hydrogen) atoms. The van der Waals surface area contributed by atoms with Crippen LogP contribution in [-0.4, -0.2) is 47.7 Å². The first kappa shape index (κ1) is 20.6. The average molecular weight is 421 g/mol. The monoisotopic (exact) mass is 421 g/mol. The van der Waals surface area contributed by atoms with E-state index < -0.39 is 17.5 Å². The summed E-state index contributed by atoms with van der Waals surface area (Å²) in [5.74, 6) is -0.706. The Morgan fingerprint density at radius 2 is 1.90 bits per heavy atom. The topological polar surface area (TPSA) is 105 Å². The van der Waals surface area contributed by atoms with E-state index in [1.807, 2.05) is 18.2 Å². The van der Waals surface area contributed by atoms with Crippen LogP contribution in [0.15, 0.2) is 42.5 Å². The van der Waals surface area contributed by atoms with Crippen LogP contribution < -0.4 is 15.4 Å². The number of nitrogens with zero attached hydrogens (tertiary/aromatic N) is 1. The molecule has 2 aliphatic rings. The molecular weight excluding hydrogens is 398 g/mol. The van der Waals surface area contributed by atoms with Gasteiger partial charge in [-0.2, -0.15) is 0 Å². The minimum atomic E-state index is -1.19. The summed E-state index contributed by atoms with van der Waals surface area (Å²) >= 11 is 0. The van der Waals surface area contributed by atoms with Crippen LogP contribution in [0.1, 0.15) is 41.3 Å². The van der Waals surface area contributed by atoms with Crippen LogP contribution in [0.3, 0.4) is 0 Å². The quantitative estimate of drug-likeness (QED) is 0.551. The average Bonchev–Trinajstić information content (AvgIpc) is 3.15. The second-order valence-electron chi connectivity index (χ2n) is 8.08. The zero-order chi connectivity index (χ0) is 22.3. The highest BCUT2D eigenvalue weighted by Crippen LogP contribution is 2.33. The predicted molar refractivity (Wildman–Crippen MR) is 113 cm³/mol. The Bertz CT molecular complexity index is 1110. The van der Waals surface area contributed by atoms with Gasteiger partial charge >= 0.3 is 6.03 Å². The fraction of sp³-hybridized carbons (Fsp3) is 0.304. The first-order valence-electron chi connectivity index (χ1n) is 9.97. The summed E-state index contributed by atoms with van der Waals surface area (Å²) in [6.07, 6.45) is 0.233. The Morgan fingerprint density at radius 3 is 2.65 bits per heavy atom. The number of methoxy groups -OCH3 is 1. The van der Waals surface area contributed by atoms with Gasteiger partial charge in [0.1, 0.15) is 11.3 Å². The Labute approximate surface area is 179 Å². The zero-order valence-corrected chi connectivity index (χ0v) is 17.5. The Hall–Kier alpha value is -3.68. The van der Waals surface area contributed by atoms with Crippen LogP contribution in [0.4, 0.5) is 10.5 Å². The molecule has 2 aliphatic heterocycles. The summed E-state index contributed by atoms with van der Waals surface area (Å²) in [7, 11) is 1.54. The number of hydrogen-bond acceptors (Lipinski definition) is 5. The molecule has 0 bridgehead atoms. The van der Waals surface area contributed by atoms with Crippen molar-refractivity contribution in [2.75, 3.05) is 19.0 Å². The third-order valence-electron chi connectivity index (χ3n) is 5.87. The van der Waals surface area contributed by atoms with Gasteiger partial charge in [-0.05, 0) is 49.2 Å². The molecule has 0 unspecified atom stereocenters. The van der Waals surface area contributed by atoms with E-state index in [1.54, 1.807) is 45.2 Å². The summed E-state index contributed by atoms with van der Waals surface area (Å²) < 4.78 is 5.34. The van der Waals surface area contributed by atoms with E-state index in [9.17, 15) is 19.2 Å². The molecule has 0 spiro atoms. The van der Waals surface area contributed by atoms with Gasteiger partial charge in [-0.1, -0.05) is 18.2 Å². The molecule has 2 heterocycles. The van der Waals surface area contributed by atoms with Crippen molar-refractivity contribution in [2.45, 2.75) is 31.7 Å². The molecule has 0 aromatic heterocycles. The minimum absolute atomic E-state index is 0.124. The van der Waals surface area contributed by atoms with Crippen molar-refractivity contribution in [3.63, 3.8) is 0 Å². The van der Waals surface area contributed by atoms with E-state index >= 15 is 0 Å². The summed E-state index contributed by atoms with van der Waals surface area (Å²) in [5, 5.41) is 5.47. The smallest absolute Gasteiger partial charge is 0.325 e. The molecule has 1 saturated heterocycles. The van der Waals surface area contributed by atoms with E-state index in [-0.39, 0.29) is 30.6 Å². The van der Waals surface area contributed by atoms with Gasteiger partial charge in [-0.15, -0.1) is 0 Å². The van der Waals surface area contributed by atoms with Gasteiger partial charge in [0.05, 0.1) is 19.6 Å². The lowest BCUT2D eigenvalue weighted by Gasteiger charge is -2.22. The number of amides is 4. The highest BCUT2D eigenvalue weighted by molar-refractivity contribution is 6.11. The van der Waals surface area contributed by atoms with Crippen LogP contribution in [0.2, 0.25) is 0 Å². The highest BCUT2D eigenvalue weighted by Gasteiger charge is 2.48. The van der Waals surface area contributed by atoms with Crippen LogP contribution in [0.25, 0.3) is 0 Å². The van der Waals surface area contributed by atoms with Crippen LogP contribution in [0, 0.1) is 0 Å². The number of fused-ring (bicyclic) bond motifs is 1. The third kappa shape index (κ3) is 3.54. The fourth-order valence-corrected chi connectivity index (χ4v) is 4.07. The fourth-order valence-electron chi connectivity index (χ4n) is 4.07. The number of hydrogen-bond donors (Lipinski definition) is 2. The van der Waals surface area contributed by atoms with E-state index in [1.165, 1.54) is 0 Å². The number of urea groups is 1. The third-order valence-corrected chi connectivity index (χ3v) is 5.87. The predicted octanol–water partition coefficient (Wildman–Crippen LogP) is 2.49. The van der Waals surface area contributed by atoms with E-state index in [0.29, 0.717) is 17.0 Å². The van der Waals surface area contributed by atoms with Gasteiger partial charge in [0.2, 0.25) is 5.91 Å². The number of carbonyl (C=O) groups is 4. The van der Waals surface area contributed by atoms with Crippen molar-refractivity contribution in [3.8, 4) is 5.75 Å². The standard InChI is InChI=1S/C23H23N3O5/c1-13-16-10-14(8-9-17(16)24-20(13)28)18(27)12-26-21(29)23(2,25-22(26)30)11-15-6-4-5-7-19(15)31-3/h4-10,13H,11-12H2,1-3H3,(H,24,28)(H,25,30)/t13-,23+/m1/s1. The summed E-state index contributed by atoms with van der Waals surface area (Å²) in [6.45, 7) is 3.02. The molecule has 1 fully saturated rings. The number of rotatable bonds is 6. The van der Waals surface area contributed by atoms with Crippen molar-refractivity contribution in [2.24, 2.45) is 0 Å². The molecule has 0 saturated carbocycles. The maximum atomic E-state index is 13.1. The molecule has 4 amide bonds. The molecule has 2 aromatic rings. The second kappa shape index (κ2) is 7.54. The maximum absolute atomic E-state index is 13.1. The number of Topliss-reactive ketones (excluding diaryl/α,β-unsaturated/α-hetero) is 1. The van der Waals surface area contributed by atoms with Crippen molar-refractivity contribution in [3.05, 3.63) is 59.2 Å². The molecule has 0 radical (unpaired) electrons. The molecule has 4 rings (SSSR count). The zero-order valence-electron chi connectivity index (χ0n) is 17.5. The van der Waals surface area contributed by atoms with Gasteiger partial charge in [0.15, 0.2) is 5.78 Å². The molecule has 8 heteroatoms. The summed E-state index contributed by atoms with van der Waals surface area (Å²) in [4.78, 5) is 51.3. The Balaban J connectivity index is 1.52. The number of benzene rings is 2. The number of ketones is 1. The minimum Gasteiger partial charge on any atom is -0.496 e. The lowest BCUT2D eigenvalue weighted by molar-refractivity contribution is -0.130. The number of para-hydroxylation sites is 1. The van der Waals surface area contributed by atoms with Gasteiger partial charge in [0, 0.05) is 17.7 Å². The summed E-state index contributed by atoms with van der Waals surface area (Å²) in [6, 6.07) is 11.6. The van der Waals surface area contributed by atoms with Gasteiger partial charge in [-0.25, -0.2) is 4.79 Å². The number of imide groups is 1. The molecule has 160 valence electrons. The summed E-state index contributed by atoms with van der Waals surface area (Å²) in [5.41, 5.74) is 1.34. The van der Waals surface area contributed by atoms with Gasteiger partial charge in [0.25, 0.3) is 5.91 Å². The van der Waals surface area contributed by atoms with Crippen LogP contribution in [0.5, 0.6) is 5.75 Å². The normalized spacial score (nSPS) is 22.2. The first-order valence-corrected chi connectivity index (χ1v) is 9.97. The lowest BCUT2D eigenvalue weighted by atomic mass is 9.92.